The van der Waals surface area contributed by atoms with Gasteiger partial charge in [-0.05, 0) is 112 Å². The number of hydrogen-bond donors (Lipinski definition) is 2. The second-order valence-corrected chi connectivity index (χ2v) is 15.2. The minimum absolute atomic E-state index is 0.0523. The molecule has 0 heterocycles. The number of anilines is 4. The first kappa shape index (κ1) is 35.9. The molecule has 0 spiro atoms. The fraction of sp³-hybridized carbons (Fsp3) is 0.650. The van der Waals surface area contributed by atoms with Crippen molar-refractivity contribution in [2.45, 2.75) is 115 Å². The van der Waals surface area contributed by atoms with Crippen LogP contribution in [0.15, 0.2) is 48.5 Å². The van der Waals surface area contributed by atoms with Gasteiger partial charge in [0.2, 0.25) is 0 Å². The fourth-order valence-electron chi connectivity index (χ4n) is 8.16. The Bertz CT molecular complexity index is 1160. The number of nitrogens with zero attached hydrogens (tertiary/aromatic N) is 4. The lowest BCUT2D eigenvalue weighted by molar-refractivity contribution is 0.126. The van der Waals surface area contributed by atoms with E-state index in [0.29, 0.717) is 23.9 Å². The Morgan fingerprint density at radius 2 is 0.812 bits per heavy atom. The predicted molar refractivity (Wildman–Crippen MR) is 201 cm³/mol. The zero-order valence-electron chi connectivity index (χ0n) is 30.3. The van der Waals surface area contributed by atoms with E-state index in [1.54, 1.807) is 0 Å². The number of rotatable bonds is 10. The maximum absolute atomic E-state index is 13.9. The molecule has 3 aliphatic carbocycles. The highest BCUT2D eigenvalue weighted by molar-refractivity contribution is 5.90. The summed E-state index contributed by atoms with van der Waals surface area (Å²) in [6.45, 7) is 1.66. The number of hydrogen-bond acceptors (Lipinski definition) is 4. The minimum atomic E-state index is 0.0523. The molecule has 3 fully saturated rings. The van der Waals surface area contributed by atoms with E-state index in [1.165, 1.54) is 51.4 Å². The third-order valence-electron chi connectivity index (χ3n) is 11.2. The summed E-state index contributed by atoms with van der Waals surface area (Å²) in [4.78, 5) is 36.3. The molecule has 5 rings (SSSR count). The van der Waals surface area contributed by atoms with Crippen LogP contribution in [-0.4, -0.2) is 75.2 Å². The molecule has 8 heteroatoms. The molecule has 48 heavy (non-hydrogen) atoms. The van der Waals surface area contributed by atoms with Crippen LogP contribution in [0.4, 0.5) is 32.3 Å². The van der Waals surface area contributed by atoms with Gasteiger partial charge in [-0.3, -0.25) is 0 Å². The van der Waals surface area contributed by atoms with Gasteiger partial charge in [-0.2, -0.15) is 0 Å². The number of carbonyl (C=O) groups is 2. The largest absolute Gasteiger partial charge is 0.378 e. The van der Waals surface area contributed by atoms with E-state index >= 15 is 0 Å². The average Bonchev–Trinajstić information content (AvgIpc) is 3.53. The predicted octanol–water partition coefficient (Wildman–Crippen LogP) is 9.44. The van der Waals surface area contributed by atoms with Crippen LogP contribution < -0.4 is 20.4 Å². The van der Waals surface area contributed by atoms with E-state index < -0.39 is 0 Å². The van der Waals surface area contributed by atoms with Crippen molar-refractivity contribution in [1.82, 2.24) is 9.80 Å². The van der Waals surface area contributed by atoms with Crippen LogP contribution in [-0.2, 0) is 0 Å². The van der Waals surface area contributed by atoms with Gasteiger partial charge in [0, 0.05) is 76.1 Å². The first-order valence-electron chi connectivity index (χ1n) is 19.0. The van der Waals surface area contributed by atoms with Crippen LogP contribution in [0.2, 0.25) is 0 Å². The number of carbonyl (C=O) groups excluding carboxylic acids is 2. The molecule has 8 nitrogen and oxygen atoms in total. The summed E-state index contributed by atoms with van der Waals surface area (Å²) in [5.41, 5.74) is 3.97. The highest BCUT2D eigenvalue weighted by atomic mass is 16.2. The zero-order valence-corrected chi connectivity index (χ0v) is 30.3. The average molecular weight is 659 g/mol. The van der Waals surface area contributed by atoms with Crippen molar-refractivity contribution < 1.29 is 9.59 Å². The highest BCUT2D eigenvalue weighted by Gasteiger charge is 2.33. The van der Waals surface area contributed by atoms with Gasteiger partial charge in [0.1, 0.15) is 0 Å². The van der Waals surface area contributed by atoms with Gasteiger partial charge in [-0.25, -0.2) is 9.59 Å². The van der Waals surface area contributed by atoms with Crippen LogP contribution in [0, 0.1) is 11.8 Å². The van der Waals surface area contributed by atoms with E-state index in [4.69, 9.17) is 0 Å². The second kappa shape index (κ2) is 17.8. The van der Waals surface area contributed by atoms with Gasteiger partial charge in [0.25, 0.3) is 0 Å². The minimum Gasteiger partial charge on any atom is -0.378 e. The highest BCUT2D eigenvalue weighted by Crippen LogP contribution is 2.34. The molecule has 2 aromatic carbocycles. The van der Waals surface area contributed by atoms with E-state index in [9.17, 15) is 9.59 Å². The lowest BCUT2D eigenvalue weighted by Gasteiger charge is -2.39. The topological polar surface area (TPSA) is 71.2 Å². The molecular weight excluding hydrogens is 596 g/mol. The Hall–Kier alpha value is -3.42. The lowest BCUT2D eigenvalue weighted by Crippen LogP contribution is -2.47. The monoisotopic (exact) mass is 658 g/mol. The van der Waals surface area contributed by atoms with Gasteiger partial charge in [0.15, 0.2) is 0 Å². The molecule has 2 aromatic rings. The summed E-state index contributed by atoms with van der Waals surface area (Å²) in [6, 6.07) is 17.0. The van der Waals surface area contributed by atoms with Gasteiger partial charge in [0.05, 0.1) is 0 Å². The summed E-state index contributed by atoms with van der Waals surface area (Å²) in [7, 11) is 8.13. The zero-order chi connectivity index (χ0) is 33.9. The van der Waals surface area contributed by atoms with Gasteiger partial charge in [-0.1, -0.05) is 51.4 Å². The number of nitrogens with one attached hydrogen (secondary N) is 2. The molecule has 0 unspecified atom stereocenters. The quantitative estimate of drug-likeness (QED) is 0.250. The summed E-state index contributed by atoms with van der Waals surface area (Å²) in [6.07, 6.45) is 18.8. The summed E-state index contributed by atoms with van der Waals surface area (Å²) >= 11 is 0. The standard InChI is InChI=1S/C40H62N6O2/c1-43(2)35-25-21-33(22-26-35)41-39(47)45(37-13-9-5-6-10-14-37)29-31-17-19-32(20-18-31)30-46(38-15-11-7-8-12-16-38)40(48)42-34-23-27-36(28-24-34)44(3)4/h21-28,31-32,37-38H,5-20,29-30H2,1-4H3,(H,41,47)(H,42,48)/t31-,32+. The van der Waals surface area contributed by atoms with Crippen molar-refractivity contribution in [2.75, 3.05) is 61.7 Å². The molecule has 0 radical (unpaired) electrons. The van der Waals surface area contributed by atoms with Crippen molar-refractivity contribution in [3.63, 3.8) is 0 Å². The molecule has 4 amide bonds. The first-order chi connectivity index (χ1) is 23.3. The first-order valence-corrected chi connectivity index (χ1v) is 19.0. The van der Waals surface area contributed by atoms with Crippen molar-refractivity contribution in [3.05, 3.63) is 48.5 Å². The molecule has 0 aliphatic heterocycles. The van der Waals surface area contributed by atoms with Gasteiger partial charge < -0.3 is 30.2 Å². The van der Waals surface area contributed by atoms with Crippen LogP contribution >= 0.6 is 0 Å². The molecule has 0 aromatic heterocycles. The van der Waals surface area contributed by atoms with E-state index in [1.807, 2.05) is 52.5 Å². The van der Waals surface area contributed by atoms with Crippen molar-refractivity contribution >= 4 is 34.8 Å². The summed E-state index contributed by atoms with van der Waals surface area (Å²) in [5, 5.41) is 6.50. The van der Waals surface area contributed by atoms with Crippen molar-refractivity contribution in [2.24, 2.45) is 11.8 Å². The normalized spacial score (nSPS) is 21.0. The molecule has 0 saturated heterocycles. The van der Waals surface area contributed by atoms with Crippen molar-refractivity contribution in [1.29, 1.82) is 0 Å². The molecule has 2 N–H and O–H groups in total. The Morgan fingerprint density at radius 1 is 0.500 bits per heavy atom. The maximum atomic E-state index is 13.9. The van der Waals surface area contributed by atoms with E-state index in [2.05, 4.69) is 54.5 Å². The Labute approximate surface area is 290 Å². The smallest absolute Gasteiger partial charge is 0.322 e. The molecule has 264 valence electrons. The second-order valence-electron chi connectivity index (χ2n) is 15.2. The number of amides is 4. The molecule has 0 bridgehead atoms. The third-order valence-corrected chi connectivity index (χ3v) is 11.2. The fourth-order valence-corrected chi connectivity index (χ4v) is 8.16. The number of urea groups is 2. The summed E-state index contributed by atoms with van der Waals surface area (Å²) in [5.74, 6) is 1.00. The van der Waals surface area contributed by atoms with Crippen molar-refractivity contribution in [3.8, 4) is 0 Å². The molecular formula is C40H62N6O2. The molecule has 3 saturated carbocycles. The van der Waals surface area contributed by atoms with Crippen LogP contribution in [0.25, 0.3) is 0 Å². The Balaban J connectivity index is 1.21. The molecule has 3 aliphatic rings. The molecule has 0 atom stereocenters. The van der Waals surface area contributed by atoms with Gasteiger partial charge >= 0.3 is 12.1 Å². The van der Waals surface area contributed by atoms with E-state index in [0.717, 1.165) is 87.2 Å². The summed E-state index contributed by atoms with van der Waals surface area (Å²) < 4.78 is 0. The number of benzene rings is 2. The maximum Gasteiger partial charge on any atom is 0.322 e. The van der Waals surface area contributed by atoms with Crippen LogP contribution in [0.3, 0.4) is 0 Å². The van der Waals surface area contributed by atoms with Gasteiger partial charge in [-0.15, -0.1) is 0 Å². The SMILES string of the molecule is CN(C)c1ccc(NC(=O)N(C[C@H]2CC[C@@H](CN(C(=O)Nc3ccc(N(C)C)cc3)C3CCCCCC3)CC2)C2CCCCCC2)cc1. The third kappa shape index (κ3) is 10.3. The Kier molecular flexibility index (Phi) is 13.3. The van der Waals surface area contributed by atoms with Crippen LogP contribution in [0.5, 0.6) is 0 Å². The Morgan fingerprint density at radius 3 is 1.10 bits per heavy atom. The van der Waals surface area contributed by atoms with E-state index in [-0.39, 0.29) is 12.1 Å². The lowest BCUT2D eigenvalue weighted by atomic mass is 9.81. The van der Waals surface area contributed by atoms with Crippen LogP contribution in [0.1, 0.15) is 103 Å².